The minimum Gasteiger partial charge on any atom is -0.497 e. The Morgan fingerprint density at radius 1 is 1.24 bits per heavy atom. The van der Waals surface area contributed by atoms with Gasteiger partial charge in [0.05, 0.1) is 26.7 Å². The van der Waals surface area contributed by atoms with Gasteiger partial charge in [0.25, 0.3) is 0 Å². The molecule has 1 saturated carbocycles. The fourth-order valence-electron chi connectivity index (χ4n) is 3.06. The summed E-state index contributed by atoms with van der Waals surface area (Å²) >= 11 is 0. The fourth-order valence-corrected chi connectivity index (χ4v) is 3.06. The van der Waals surface area contributed by atoms with Gasteiger partial charge in [-0.2, -0.15) is 0 Å². The Hall–Kier alpha value is -2.28. The Bertz CT molecular complexity index is 623. The molecule has 7 nitrogen and oxygen atoms in total. The lowest BCUT2D eigenvalue weighted by Crippen LogP contribution is -2.56. The highest BCUT2D eigenvalue weighted by Crippen LogP contribution is 2.25. The molecule has 0 bridgehead atoms. The van der Waals surface area contributed by atoms with Crippen LogP contribution in [-0.4, -0.2) is 56.1 Å². The molecule has 25 heavy (non-hydrogen) atoms. The van der Waals surface area contributed by atoms with Gasteiger partial charge in [0.2, 0.25) is 11.8 Å². The highest BCUT2D eigenvalue weighted by molar-refractivity contribution is 5.89. The van der Waals surface area contributed by atoms with E-state index in [9.17, 15) is 9.59 Å². The lowest BCUT2D eigenvalue weighted by atomic mass is 10.1. The maximum atomic E-state index is 12.3. The summed E-state index contributed by atoms with van der Waals surface area (Å²) in [6.07, 6.45) is 2.26. The van der Waals surface area contributed by atoms with E-state index in [1.54, 1.807) is 14.2 Å². The van der Waals surface area contributed by atoms with Crippen molar-refractivity contribution >= 4 is 11.8 Å². The van der Waals surface area contributed by atoms with Gasteiger partial charge in [0.1, 0.15) is 11.5 Å². The topological polar surface area (TPSA) is 79.9 Å². The van der Waals surface area contributed by atoms with Gasteiger partial charge in [0, 0.05) is 31.7 Å². The summed E-state index contributed by atoms with van der Waals surface area (Å²) in [7, 11) is 3.22. The second-order valence-electron chi connectivity index (χ2n) is 6.54. The Labute approximate surface area is 147 Å². The molecule has 1 atom stereocenters. The molecule has 0 unspecified atom stereocenters. The minimum atomic E-state index is -0.454. The first kappa shape index (κ1) is 17.5. The van der Waals surface area contributed by atoms with E-state index in [0.717, 1.165) is 18.4 Å². The predicted octanol–water partition coefficient (Wildman–Crippen LogP) is 0.673. The number of methoxy groups -OCH3 is 2. The van der Waals surface area contributed by atoms with E-state index in [0.29, 0.717) is 37.2 Å². The highest BCUT2D eigenvalue weighted by atomic mass is 16.5. The van der Waals surface area contributed by atoms with Crippen molar-refractivity contribution in [1.29, 1.82) is 0 Å². The molecular weight excluding hydrogens is 322 g/mol. The van der Waals surface area contributed by atoms with Crippen LogP contribution < -0.4 is 20.1 Å². The van der Waals surface area contributed by atoms with Crippen molar-refractivity contribution in [1.82, 2.24) is 15.5 Å². The van der Waals surface area contributed by atoms with Crippen LogP contribution in [-0.2, 0) is 16.1 Å². The third kappa shape index (κ3) is 4.63. The van der Waals surface area contributed by atoms with Gasteiger partial charge < -0.3 is 20.1 Å². The van der Waals surface area contributed by atoms with Crippen molar-refractivity contribution in [2.45, 2.75) is 37.9 Å². The Morgan fingerprint density at radius 2 is 1.92 bits per heavy atom. The first-order chi connectivity index (χ1) is 12.1. The first-order valence-electron chi connectivity index (χ1n) is 8.62. The number of ether oxygens (including phenoxy) is 2. The molecule has 2 fully saturated rings. The number of carbonyl (C=O) groups excluding carboxylic acids is 2. The molecular formula is C18H25N3O4. The van der Waals surface area contributed by atoms with Gasteiger partial charge in [0.15, 0.2) is 0 Å². The zero-order valence-corrected chi connectivity index (χ0v) is 14.7. The number of hydrogen-bond donors (Lipinski definition) is 2. The van der Waals surface area contributed by atoms with Crippen LogP contribution in [0.15, 0.2) is 18.2 Å². The summed E-state index contributed by atoms with van der Waals surface area (Å²) in [5.41, 5.74) is 0.985. The molecule has 7 heteroatoms. The normalized spacial score (nSPS) is 20.7. The number of rotatable bonds is 7. The molecule has 1 saturated heterocycles. The third-order valence-corrected chi connectivity index (χ3v) is 4.56. The Balaban J connectivity index is 1.71. The largest absolute Gasteiger partial charge is 0.497 e. The van der Waals surface area contributed by atoms with Crippen LogP contribution in [0.25, 0.3) is 0 Å². The molecule has 3 rings (SSSR count). The van der Waals surface area contributed by atoms with Crippen molar-refractivity contribution in [3.63, 3.8) is 0 Å². The second kappa shape index (κ2) is 7.74. The molecule has 1 aliphatic carbocycles. The number of nitrogens with zero attached hydrogens (tertiary/aromatic N) is 1. The molecule has 1 aromatic carbocycles. The quantitative estimate of drug-likeness (QED) is 0.758. The van der Waals surface area contributed by atoms with E-state index in [1.165, 1.54) is 0 Å². The van der Waals surface area contributed by atoms with Gasteiger partial charge in [-0.25, -0.2) is 0 Å². The molecule has 0 aromatic heterocycles. The van der Waals surface area contributed by atoms with E-state index in [1.807, 2.05) is 23.1 Å². The molecule has 2 N–H and O–H groups in total. The van der Waals surface area contributed by atoms with Gasteiger partial charge in [-0.1, -0.05) is 0 Å². The standard InChI is InChI=1S/C18H25N3O4/c1-24-14-7-12(8-15(9-14)25-2)11-21-6-5-19-18(23)16(21)10-17(22)20-13-3-4-13/h7-9,13,16H,3-6,10-11H2,1-2H3,(H,19,23)(H,20,22)/t16-/m0/s1. The number of piperazine rings is 1. The van der Waals surface area contributed by atoms with E-state index in [4.69, 9.17) is 9.47 Å². The van der Waals surface area contributed by atoms with Crippen molar-refractivity contribution in [2.75, 3.05) is 27.3 Å². The molecule has 1 heterocycles. The summed E-state index contributed by atoms with van der Waals surface area (Å²) < 4.78 is 10.6. The van der Waals surface area contributed by atoms with E-state index in [2.05, 4.69) is 10.6 Å². The summed E-state index contributed by atoms with van der Waals surface area (Å²) in [4.78, 5) is 26.5. The molecule has 1 aromatic rings. The number of carbonyl (C=O) groups is 2. The molecule has 1 aliphatic heterocycles. The molecule has 2 amide bonds. The zero-order chi connectivity index (χ0) is 17.8. The maximum Gasteiger partial charge on any atom is 0.237 e. The van der Waals surface area contributed by atoms with Crippen LogP contribution in [0, 0.1) is 0 Å². The molecule has 136 valence electrons. The minimum absolute atomic E-state index is 0.0576. The van der Waals surface area contributed by atoms with Gasteiger partial charge >= 0.3 is 0 Å². The number of hydrogen-bond acceptors (Lipinski definition) is 5. The third-order valence-electron chi connectivity index (χ3n) is 4.56. The molecule has 0 spiro atoms. The lowest BCUT2D eigenvalue weighted by molar-refractivity contribution is -0.134. The highest BCUT2D eigenvalue weighted by Gasteiger charge is 2.33. The van der Waals surface area contributed by atoms with Crippen molar-refractivity contribution in [2.24, 2.45) is 0 Å². The lowest BCUT2D eigenvalue weighted by Gasteiger charge is -2.34. The average Bonchev–Trinajstić information content (AvgIpc) is 3.41. The van der Waals surface area contributed by atoms with Crippen LogP contribution in [0.2, 0.25) is 0 Å². The summed E-state index contributed by atoms with van der Waals surface area (Å²) in [5.74, 6) is 1.27. The average molecular weight is 347 g/mol. The summed E-state index contributed by atoms with van der Waals surface area (Å²) in [6, 6.07) is 5.51. The monoisotopic (exact) mass is 347 g/mol. The van der Waals surface area contributed by atoms with Crippen LogP contribution in [0.3, 0.4) is 0 Å². The maximum absolute atomic E-state index is 12.3. The van der Waals surface area contributed by atoms with Gasteiger partial charge in [-0.3, -0.25) is 14.5 Å². The fraction of sp³-hybridized carbons (Fsp3) is 0.556. The summed E-state index contributed by atoms with van der Waals surface area (Å²) in [6.45, 7) is 1.84. The van der Waals surface area contributed by atoms with E-state index < -0.39 is 6.04 Å². The summed E-state index contributed by atoms with van der Waals surface area (Å²) in [5, 5.41) is 5.81. The number of amides is 2. The number of nitrogens with one attached hydrogen (secondary N) is 2. The SMILES string of the molecule is COc1cc(CN2CCNC(=O)[C@@H]2CC(=O)NC2CC2)cc(OC)c1. The first-order valence-corrected chi connectivity index (χ1v) is 8.62. The molecule has 2 aliphatic rings. The van der Waals surface area contributed by atoms with Crippen LogP contribution in [0.4, 0.5) is 0 Å². The van der Waals surface area contributed by atoms with E-state index >= 15 is 0 Å². The van der Waals surface area contributed by atoms with Crippen LogP contribution >= 0.6 is 0 Å². The zero-order valence-electron chi connectivity index (χ0n) is 14.7. The molecule has 0 radical (unpaired) electrons. The predicted molar refractivity (Wildman–Crippen MR) is 92.5 cm³/mol. The Kier molecular flexibility index (Phi) is 5.43. The van der Waals surface area contributed by atoms with Gasteiger partial charge in [-0.15, -0.1) is 0 Å². The van der Waals surface area contributed by atoms with Gasteiger partial charge in [-0.05, 0) is 30.5 Å². The number of benzene rings is 1. The van der Waals surface area contributed by atoms with Crippen LogP contribution in [0.1, 0.15) is 24.8 Å². The van der Waals surface area contributed by atoms with Crippen molar-refractivity contribution < 1.29 is 19.1 Å². The second-order valence-corrected chi connectivity index (χ2v) is 6.54. The van der Waals surface area contributed by atoms with Crippen molar-refractivity contribution in [3.8, 4) is 11.5 Å². The van der Waals surface area contributed by atoms with Crippen LogP contribution in [0.5, 0.6) is 11.5 Å². The van der Waals surface area contributed by atoms with E-state index in [-0.39, 0.29) is 18.2 Å². The van der Waals surface area contributed by atoms with Crippen molar-refractivity contribution in [3.05, 3.63) is 23.8 Å². The Morgan fingerprint density at radius 3 is 2.52 bits per heavy atom. The smallest absolute Gasteiger partial charge is 0.237 e.